The zero-order chi connectivity index (χ0) is 58.7. The highest BCUT2D eigenvalue weighted by Gasteiger charge is 2.39. The lowest BCUT2D eigenvalue weighted by Crippen LogP contribution is -2.15. The summed E-state index contributed by atoms with van der Waals surface area (Å²) in [7, 11) is 6.59. The van der Waals surface area contributed by atoms with E-state index in [4.69, 9.17) is 0 Å². The Kier molecular flexibility index (Phi) is 10.1. The zero-order valence-electron chi connectivity index (χ0n) is 50.8. The van der Waals surface area contributed by atoms with E-state index in [1.165, 1.54) is 188 Å². The SMILES string of the molecule is Cn1c2ccccc2c2cc(-c3ccc4c(c3)C(C)(C)c3cc(-c5ccc6c(c5)c5cc(-c7ccc8c(c7)C(C)(C)c7cc(-c9ccc%10c(c9)c9cc(-c%11ccc%12c(c%11)C(C)(C)c%11ccccc%11-%12)ccc9n%10C)ccc7-8)ccc5n6C)ccc3-4)ccc21. The minimum atomic E-state index is -0.194. The van der Waals surface area contributed by atoms with Gasteiger partial charge in [-0.05, 0) is 219 Å². The molecule has 3 nitrogen and oxygen atoms in total. The number of hydrogen-bond donors (Lipinski definition) is 0. The first-order valence-electron chi connectivity index (χ1n) is 31.0. The van der Waals surface area contributed by atoms with Crippen LogP contribution in [0, 0.1) is 0 Å². The van der Waals surface area contributed by atoms with Crippen molar-refractivity contribution in [1.82, 2.24) is 13.7 Å². The molecule has 3 aliphatic rings. The highest BCUT2D eigenvalue weighted by molar-refractivity contribution is 6.13. The summed E-state index contributed by atoms with van der Waals surface area (Å²) >= 11 is 0. The Labute approximate surface area is 508 Å². The Morgan fingerprint density at radius 1 is 0.195 bits per heavy atom. The van der Waals surface area contributed by atoms with Crippen molar-refractivity contribution in [3.63, 3.8) is 0 Å². The molecular weight excluding hydrogens is 1050 g/mol. The van der Waals surface area contributed by atoms with Crippen LogP contribution in [0.5, 0.6) is 0 Å². The first-order chi connectivity index (χ1) is 42.1. The molecule has 0 bridgehead atoms. The van der Waals surface area contributed by atoms with E-state index in [9.17, 15) is 0 Å². The van der Waals surface area contributed by atoms with Gasteiger partial charge in [-0.15, -0.1) is 0 Å². The Bertz CT molecular complexity index is 5580. The van der Waals surface area contributed by atoms with Crippen LogP contribution in [0.2, 0.25) is 0 Å². The average molecular weight is 1120 g/mol. The summed E-state index contributed by atoms with van der Waals surface area (Å²) in [5.74, 6) is 0. The molecule has 87 heavy (non-hydrogen) atoms. The number of benzene rings is 12. The molecule has 0 unspecified atom stereocenters. The van der Waals surface area contributed by atoms with Crippen LogP contribution in [0.3, 0.4) is 0 Å². The van der Waals surface area contributed by atoms with E-state index in [-0.39, 0.29) is 16.2 Å². The van der Waals surface area contributed by atoms with E-state index < -0.39 is 0 Å². The van der Waals surface area contributed by atoms with Gasteiger partial charge in [0.25, 0.3) is 0 Å². The highest BCUT2D eigenvalue weighted by Crippen LogP contribution is 2.54. The summed E-state index contributed by atoms with van der Waals surface area (Å²) in [6.45, 7) is 14.4. The molecule has 3 heteroatoms. The minimum absolute atomic E-state index is 0.0448. The lowest BCUT2D eigenvalue weighted by molar-refractivity contribution is 0.660. The largest absolute Gasteiger partial charge is 0.344 e. The smallest absolute Gasteiger partial charge is 0.0489 e. The predicted octanol–water partition coefficient (Wildman–Crippen LogP) is 21.9. The summed E-state index contributed by atoms with van der Waals surface area (Å²) in [5.41, 5.74) is 36.0. The number of nitrogens with zero attached hydrogens (tertiary/aromatic N) is 3. The summed E-state index contributed by atoms with van der Waals surface area (Å²) in [6, 6.07) is 88.7. The van der Waals surface area contributed by atoms with Crippen LogP contribution >= 0.6 is 0 Å². The maximum Gasteiger partial charge on any atom is 0.0489 e. The lowest BCUT2D eigenvalue weighted by atomic mass is 9.80. The molecule has 3 aromatic heterocycles. The molecule has 0 radical (unpaired) electrons. The van der Waals surface area contributed by atoms with Crippen molar-refractivity contribution >= 4 is 65.4 Å². The number of fused-ring (bicyclic) bond motifs is 18. The van der Waals surface area contributed by atoms with Gasteiger partial charge in [-0.25, -0.2) is 0 Å². The number of hydrogen-bond acceptors (Lipinski definition) is 0. The monoisotopic (exact) mass is 1120 g/mol. The Morgan fingerprint density at radius 3 is 0.736 bits per heavy atom. The van der Waals surface area contributed by atoms with Gasteiger partial charge in [0.2, 0.25) is 0 Å². The maximum atomic E-state index is 2.48. The van der Waals surface area contributed by atoms with Gasteiger partial charge in [-0.1, -0.05) is 175 Å². The van der Waals surface area contributed by atoms with Crippen molar-refractivity contribution in [2.75, 3.05) is 0 Å². The van der Waals surface area contributed by atoms with Crippen LogP contribution in [0.25, 0.3) is 154 Å². The Balaban J connectivity index is 0.648. The Morgan fingerprint density at radius 2 is 0.414 bits per heavy atom. The molecule has 0 amide bonds. The van der Waals surface area contributed by atoms with Gasteiger partial charge in [0.1, 0.15) is 0 Å². The number of aromatic nitrogens is 3. The van der Waals surface area contributed by atoms with Gasteiger partial charge >= 0.3 is 0 Å². The third-order valence-corrected chi connectivity index (χ3v) is 21.5. The van der Waals surface area contributed by atoms with E-state index in [1.807, 2.05) is 0 Å². The van der Waals surface area contributed by atoms with Crippen LogP contribution in [0.1, 0.15) is 74.9 Å². The van der Waals surface area contributed by atoms with Crippen molar-refractivity contribution in [3.05, 3.63) is 264 Å². The molecule has 0 saturated heterocycles. The van der Waals surface area contributed by atoms with Gasteiger partial charge in [-0.3, -0.25) is 0 Å². The van der Waals surface area contributed by atoms with Crippen LogP contribution in [-0.4, -0.2) is 13.7 Å². The molecule has 0 N–H and O–H groups in total. The fraction of sp³-hybridized carbons (Fsp3) is 0.143. The number of rotatable bonds is 5. The molecule has 3 heterocycles. The molecule has 12 aromatic carbocycles. The normalized spacial score (nSPS) is 14.8. The van der Waals surface area contributed by atoms with E-state index in [0.29, 0.717) is 0 Å². The van der Waals surface area contributed by atoms with Gasteiger partial charge in [-0.2, -0.15) is 0 Å². The molecule has 0 fully saturated rings. The summed E-state index contributed by atoms with van der Waals surface area (Å²) in [6.07, 6.45) is 0. The minimum Gasteiger partial charge on any atom is -0.344 e. The van der Waals surface area contributed by atoms with Crippen LogP contribution in [0.4, 0.5) is 0 Å². The van der Waals surface area contributed by atoms with Gasteiger partial charge < -0.3 is 13.7 Å². The van der Waals surface area contributed by atoms with E-state index in [0.717, 1.165) is 0 Å². The van der Waals surface area contributed by atoms with E-state index >= 15 is 0 Å². The molecule has 416 valence electrons. The molecule has 0 saturated carbocycles. The summed E-state index contributed by atoms with van der Waals surface area (Å²) in [4.78, 5) is 0. The van der Waals surface area contributed by atoms with Gasteiger partial charge in [0.05, 0.1) is 0 Å². The quantitative estimate of drug-likeness (QED) is 0.163. The molecular formula is C84H65N3. The van der Waals surface area contributed by atoms with Crippen molar-refractivity contribution < 1.29 is 0 Å². The second-order valence-electron chi connectivity index (χ2n) is 27.1. The first kappa shape index (κ1) is 50.4. The lowest BCUT2D eigenvalue weighted by Gasteiger charge is -2.23. The summed E-state index contributed by atoms with van der Waals surface area (Å²) < 4.78 is 7.03. The van der Waals surface area contributed by atoms with Crippen molar-refractivity contribution in [3.8, 4) is 89.0 Å². The molecule has 15 aromatic rings. The highest BCUT2D eigenvalue weighted by atomic mass is 14.9. The second kappa shape index (κ2) is 17.4. The third-order valence-electron chi connectivity index (χ3n) is 21.5. The van der Waals surface area contributed by atoms with Crippen molar-refractivity contribution in [1.29, 1.82) is 0 Å². The fourth-order valence-electron chi connectivity index (χ4n) is 16.6. The first-order valence-corrected chi connectivity index (χ1v) is 31.0. The zero-order valence-corrected chi connectivity index (χ0v) is 50.8. The third kappa shape index (κ3) is 6.89. The van der Waals surface area contributed by atoms with Gasteiger partial charge in [0, 0.05) is 103 Å². The van der Waals surface area contributed by atoms with Crippen LogP contribution < -0.4 is 0 Å². The number of para-hydroxylation sites is 1. The molecule has 0 atom stereocenters. The predicted molar refractivity (Wildman–Crippen MR) is 368 cm³/mol. The maximum absolute atomic E-state index is 2.48. The topological polar surface area (TPSA) is 14.8 Å². The molecule has 0 spiro atoms. The van der Waals surface area contributed by atoms with Gasteiger partial charge in [0.15, 0.2) is 0 Å². The van der Waals surface area contributed by atoms with Crippen LogP contribution in [-0.2, 0) is 37.4 Å². The van der Waals surface area contributed by atoms with E-state index in [1.54, 1.807) is 0 Å². The Hall–Kier alpha value is -9.96. The molecule has 0 aliphatic heterocycles. The van der Waals surface area contributed by atoms with Crippen molar-refractivity contribution in [2.45, 2.75) is 57.8 Å². The van der Waals surface area contributed by atoms with Crippen molar-refractivity contribution in [2.24, 2.45) is 21.1 Å². The van der Waals surface area contributed by atoms with E-state index in [2.05, 4.69) is 307 Å². The molecule has 3 aliphatic carbocycles. The second-order valence-corrected chi connectivity index (χ2v) is 27.1. The standard InChI is InChI=1S/C84H65N3/c1-82(2)70-16-12-10-14-58(70)59-28-18-53(43-71(59)82)49-24-34-78-66(39-49)67-40-50(25-35-79(67)86(78)8)56-21-31-62-63-32-22-57(47-75(63)84(5,6)74(62)46-56)52-27-37-81-69(42-52)68-41-51(26-36-80(68)87(81)9)55-20-30-61-60-29-19-54(44-72(60)83(3,4)73(61)45-55)48-23-33-77-65(38-48)64-15-11-13-17-76(64)85(77)7/h10-47H,1-9H3. The average Bonchev–Trinajstić information content (AvgIpc) is 1.69. The number of aryl methyl sites for hydroxylation is 3. The van der Waals surface area contributed by atoms with Crippen LogP contribution in [0.15, 0.2) is 231 Å². The fourth-order valence-corrected chi connectivity index (χ4v) is 16.6. The molecule has 18 rings (SSSR count). The summed E-state index contributed by atoms with van der Waals surface area (Å²) in [5, 5.41) is 7.73.